The molecule has 4 aromatic rings. The summed E-state index contributed by atoms with van der Waals surface area (Å²) in [6.45, 7) is 2.56. The van der Waals surface area contributed by atoms with Crippen molar-refractivity contribution in [1.29, 1.82) is 5.26 Å². The first-order chi connectivity index (χ1) is 14.8. The summed E-state index contributed by atoms with van der Waals surface area (Å²) >= 11 is 0. The molecule has 1 fully saturated rings. The first-order valence-electron chi connectivity index (χ1n) is 9.92. The van der Waals surface area contributed by atoms with Crippen LogP contribution in [0, 0.1) is 17.2 Å². The quantitative estimate of drug-likeness (QED) is 0.545. The van der Waals surface area contributed by atoms with Gasteiger partial charge in [0.15, 0.2) is 0 Å². The van der Waals surface area contributed by atoms with Gasteiger partial charge in [-0.3, -0.25) is 15.0 Å². The predicted molar refractivity (Wildman–Crippen MR) is 113 cm³/mol. The van der Waals surface area contributed by atoms with Crippen LogP contribution in [0.3, 0.4) is 0 Å². The smallest absolute Gasteiger partial charge is 0.219 e. The first-order valence-corrected chi connectivity index (χ1v) is 9.92. The highest BCUT2D eigenvalue weighted by molar-refractivity contribution is 5.80. The minimum absolute atomic E-state index is 0.146. The minimum Gasteiger partial charge on any atom is -0.439 e. The van der Waals surface area contributed by atoms with E-state index in [1.807, 2.05) is 42.5 Å². The van der Waals surface area contributed by atoms with E-state index in [-0.39, 0.29) is 5.92 Å². The molecule has 1 atom stereocenters. The molecule has 3 aromatic heterocycles. The predicted octanol–water partition coefficient (Wildman–Crippen LogP) is 4.16. The molecule has 1 saturated heterocycles. The molecule has 0 aliphatic carbocycles. The van der Waals surface area contributed by atoms with Crippen LogP contribution < -0.4 is 4.74 Å². The Morgan fingerprint density at radius 2 is 2.13 bits per heavy atom. The number of hydrogen-bond acceptors (Lipinski definition) is 6. The zero-order chi connectivity index (χ0) is 20.3. The van der Waals surface area contributed by atoms with Crippen LogP contribution >= 0.6 is 0 Å². The number of nitriles is 1. The third-order valence-corrected chi connectivity index (χ3v) is 5.33. The second-order valence-electron chi connectivity index (χ2n) is 7.46. The van der Waals surface area contributed by atoms with E-state index < -0.39 is 0 Å². The van der Waals surface area contributed by atoms with Crippen molar-refractivity contribution in [2.24, 2.45) is 5.92 Å². The van der Waals surface area contributed by atoms with Crippen molar-refractivity contribution in [2.45, 2.75) is 13.0 Å². The van der Waals surface area contributed by atoms with Crippen LogP contribution in [-0.4, -0.2) is 38.2 Å². The molecule has 148 valence electrons. The molecule has 1 unspecified atom stereocenters. The van der Waals surface area contributed by atoms with Gasteiger partial charge < -0.3 is 4.74 Å². The summed E-state index contributed by atoms with van der Waals surface area (Å²) in [6.07, 6.45) is 4.41. The molecule has 1 N–H and O–H groups in total. The monoisotopic (exact) mass is 396 g/mol. The lowest BCUT2D eigenvalue weighted by Gasteiger charge is -2.14. The Bertz CT molecular complexity index is 1200. The molecule has 0 radical (unpaired) electrons. The topological polar surface area (TPSA) is 90.7 Å². The van der Waals surface area contributed by atoms with Crippen LogP contribution in [0.2, 0.25) is 0 Å². The van der Waals surface area contributed by atoms with Crippen LogP contribution in [0.15, 0.2) is 60.9 Å². The van der Waals surface area contributed by atoms with E-state index >= 15 is 0 Å². The minimum atomic E-state index is 0.146. The van der Waals surface area contributed by atoms with E-state index in [9.17, 15) is 0 Å². The van der Waals surface area contributed by atoms with Crippen molar-refractivity contribution in [3.05, 3.63) is 66.6 Å². The Morgan fingerprint density at radius 1 is 1.17 bits per heavy atom. The van der Waals surface area contributed by atoms with Gasteiger partial charge in [0.2, 0.25) is 5.88 Å². The van der Waals surface area contributed by atoms with E-state index in [2.05, 4.69) is 32.2 Å². The number of nitrogens with zero attached hydrogens (tertiary/aromatic N) is 5. The third-order valence-electron chi connectivity index (χ3n) is 5.33. The largest absolute Gasteiger partial charge is 0.439 e. The van der Waals surface area contributed by atoms with Crippen LogP contribution in [0.25, 0.3) is 22.2 Å². The molecule has 4 heterocycles. The van der Waals surface area contributed by atoms with Gasteiger partial charge in [-0.1, -0.05) is 6.07 Å². The number of ether oxygens (including phenoxy) is 1. The van der Waals surface area contributed by atoms with Gasteiger partial charge in [-0.25, -0.2) is 4.98 Å². The van der Waals surface area contributed by atoms with Crippen molar-refractivity contribution < 1.29 is 4.74 Å². The summed E-state index contributed by atoms with van der Waals surface area (Å²) < 4.78 is 5.92. The molecule has 0 amide bonds. The number of aromatic nitrogens is 4. The van der Waals surface area contributed by atoms with E-state index in [4.69, 9.17) is 15.0 Å². The Balaban J connectivity index is 1.29. The van der Waals surface area contributed by atoms with Gasteiger partial charge >= 0.3 is 0 Å². The SMILES string of the molecule is N#CC1CCN(Cc2ccc3cc(Oc4ccc(-c5ccn[nH]5)cn4)ccc3n2)C1. The van der Waals surface area contributed by atoms with E-state index in [1.54, 1.807) is 12.4 Å². The summed E-state index contributed by atoms with van der Waals surface area (Å²) in [4.78, 5) is 11.4. The molecule has 7 heteroatoms. The van der Waals surface area contributed by atoms with Crippen LogP contribution in [-0.2, 0) is 6.54 Å². The lowest BCUT2D eigenvalue weighted by Crippen LogP contribution is -2.20. The lowest BCUT2D eigenvalue weighted by molar-refractivity contribution is 0.321. The number of H-pyrrole nitrogens is 1. The van der Waals surface area contributed by atoms with Gasteiger partial charge in [0.05, 0.1) is 28.9 Å². The molecule has 1 aliphatic rings. The number of benzene rings is 1. The lowest BCUT2D eigenvalue weighted by atomic mass is 10.1. The fourth-order valence-corrected chi connectivity index (χ4v) is 3.75. The number of nitrogens with one attached hydrogen (secondary N) is 1. The van der Waals surface area contributed by atoms with Crippen LogP contribution in [0.4, 0.5) is 0 Å². The summed E-state index contributed by atoms with van der Waals surface area (Å²) in [5.74, 6) is 1.39. The molecule has 1 aromatic carbocycles. The van der Waals surface area contributed by atoms with Gasteiger partial charge in [0.1, 0.15) is 5.75 Å². The van der Waals surface area contributed by atoms with Crippen molar-refractivity contribution in [3.63, 3.8) is 0 Å². The zero-order valence-corrected chi connectivity index (χ0v) is 16.3. The summed E-state index contributed by atoms with van der Waals surface area (Å²) in [5, 5.41) is 17.0. The Morgan fingerprint density at radius 3 is 2.90 bits per heavy atom. The summed E-state index contributed by atoms with van der Waals surface area (Å²) in [7, 11) is 0. The highest BCUT2D eigenvalue weighted by atomic mass is 16.5. The number of hydrogen-bond donors (Lipinski definition) is 1. The molecule has 0 spiro atoms. The number of fused-ring (bicyclic) bond motifs is 1. The Kier molecular flexibility index (Phi) is 4.83. The second kappa shape index (κ2) is 7.93. The second-order valence-corrected chi connectivity index (χ2v) is 7.46. The van der Waals surface area contributed by atoms with Gasteiger partial charge in [-0.05, 0) is 49.4 Å². The third kappa shape index (κ3) is 3.86. The zero-order valence-electron chi connectivity index (χ0n) is 16.3. The maximum Gasteiger partial charge on any atom is 0.219 e. The fourth-order valence-electron chi connectivity index (χ4n) is 3.75. The maximum atomic E-state index is 9.07. The average Bonchev–Trinajstić information content (AvgIpc) is 3.47. The van der Waals surface area contributed by atoms with Crippen molar-refractivity contribution in [1.82, 2.24) is 25.1 Å². The standard InChI is InChI=1S/C23H20N6O/c24-12-16-8-10-29(14-16)15-19-3-1-17-11-20(4-5-21(17)27-19)30-23-6-2-18(13-25-23)22-7-9-26-28-22/h1-7,9,11,13,16H,8,10,14-15H2,(H,26,28). The van der Waals surface area contributed by atoms with Crippen LogP contribution in [0.1, 0.15) is 12.1 Å². The molecule has 0 bridgehead atoms. The van der Waals surface area contributed by atoms with Crippen molar-refractivity contribution in [3.8, 4) is 29.0 Å². The van der Waals surface area contributed by atoms with Crippen molar-refractivity contribution in [2.75, 3.05) is 13.1 Å². The van der Waals surface area contributed by atoms with E-state index in [0.717, 1.165) is 59.7 Å². The van der Waals surface area contributed by atoms with Gasteiger partial charge in [0, 0.05) is 42.5 Å². The number of pyridine rings is 2. The maximum absolute atomic E-state index is 9.07. The number of likely N-dealkylation sites (tertiary alicyclic amines) is 1. The number of rotatable bonds is 5. The summed E-state index contributed by atoms with van der Waals surface area (Å²) in [6, 6.07) is 18.0. The molecule has 5 rings (SSSR count). The average molecular weight is 396 g/mol. The molecule has 1 aliphatic heterocycles. The normalized spacial score (nSPS) is 16.6. The molecular weight excluding hydrogens is 376 g/mol. The van der Waals surface area contributed by atoms with Crippen molar-refractivity contribution >= 4 is 10.9 Å². The Labute approximate surface area is 174 Å². The Hall–Kier alpha value is -3.76. The van der Waals surface area contributed by atoms with Gasteiger partial charge in [-0.15, -0.1) is 0 Å². The number of aromatic amines is 1. The van der Waals surface area contributed by atoms with E-state index in [0.29, 0.717) is 5.88 Å². The van der Waals surface area contributed by atoms with Gasteiger partial charge in [0.25, 0.3) is 0 Å². The highest BCUT2D eigenvalue weighted by Gasteiger charge is 2.22. The highest BCUT2D eigenvalue weighted by Crippen LogP contribution is 2.26. The molecule has 0 saturated carbocycles. The van der Waals surface area contributed by atoms with E-state index in [1.165, 1.54) is 0 Å². The molecular formula is C23H20N6O. The molecule has 7 nitrogen and oxygen atoms in total. The van der Waals surface area contributed by atoms with Crippen LogP contribution in [0.5, 0.6) is 11.6 Å². The molecule has 30 heavy (non-hydrogen) atoms. The summed E-state index contributed by atoms with van der Waals surface area (Å²) in [5.41, 5.74) is 3.82. The van der Waals surface area contributed by atoms with Gasteiger partial charge in [-0.2, -0.15) is 10.4 Å². The fraction of sp³-hybridized carbons (Fsp3) is 0.217. The first kappa shape index (κ1) is 18.3.